The number of rotatable bonds is 3. The SMILES string of the molecule is Cc1ccc(Br)c(Nc2ccc(N)c(C(N)=O)c2)c1. The summed E-state index contributed by atoms with van der Waals surface area (Å²) < 4.78 is 0.940. The summed E-state index contributed by atoms with van der Waals surface area (Å²) in [7, 11) is 0. The molecule has 2 aromatic rings. The normalized spacial score (nSPS) is 10.2. The van der Waals surface area contributed by atoms with E-state index in [1.165, 1.54) is 0 Å². The Morgan fingerprint density at radius 3 is 2.63 bits per heavy atom. The third-order valence-corrected chi connectivity index (χ3v) is 3.41. The summed E-state index contributed by atoms with van der Waals surface area (Å²) >= 11 is 3.47. The van der Waals surface area contributed by atoms with Gasteiger partial charge in [-0.1, -0.05) is 6.07 Å². The maximum atomic E-state index is 11.3. The van der Waals surface area contributed by atoms with Crippen LogP contribution in [0.1, 0.15) is 15.9 Å². The smallest absolute Gasteiger partial charge is 0.250 e. The minimum atomic E-state index is -0.538. The predicted molar refractivity (Wildman–Crippen MR) is 81.5 cm³/mol. The van der Waals surface area contributed by atoms with E-state index < -0.39 is 5.91 Å². The summed E-state index contributed by atoms with van der Waals surface area (Å²) in [6, 6.07) is 11.1. The molecular weight excluding hydrogens is 306 g/mol. The van der Waals surface area contributed by atoms with Gasteiger partial charge in [0.2, 0.25) is 0 Å². The zero-order valence-electron chi connectivity index (χ0n) is 10.4. The van der Waals surface area contributed by atoms with Gasteiger partial charge in [0.05, 0.1) is 11.3 Å². The number of nitrogens with one attached hydrogen (secondary N) is 1. The summed E-state index contributed by atoms with van der Waals surface area (Å²) in [4.78, 5) is 11.3. The number of anilines is 3. The second-order valence-corrected chi connectivity index (χ2v) is 5.13. The average molecular weight is 320 g/mol. The van der Waals surface area contributed by atoms with Crippen LogP contribution in [0.25, 0.3) is 0 Å². The Kier molecular flexibility index (Phi) is 3.76. The number of primary amides is 1. The van der Waals surface area contributed by atoms with Gasteiger partial charge >= 0.3 is 0 Å². The van der Waals surface area contributed by atoms with Gasteiger partial charge in [0.1, 0.15) is 0 Å². The van der Waals surface area contributed by atoms with Crippen LogP contribution in [0.5, 0.6) is 0 Å². The van der Waals surface area contributed by atoms with Gasteiger partial charge in [0.25, 0.3) is 5.91 Å². The van der Waals surface area contributed by atoms with Gasteiger partial charge in [-0.15, -0.1) is 0 Å². The van der Waals surface area contributed by atoms with Crippen molar-refractivity contribution in [3.8, 4) is 0 Å². The molecule has 2 aromatic carbocycles. The van der Waals surface area contributed by atoms with Crippen molar-refractivity contribution in [3.63, 3.8) is 0 Å². The molecule has 0 aliphatic heterocycles. The molecule has 0 heterocycles. The molecule has 0 aliphatic carbocycles. The lowest BCUT2D eigenvalue weighted by Gasteiger charge is -2.11. The highest BCUT2D eigenvalue weighted by molar-refractivity contribution is 9.10. The first-order valence-electron chi connectivity index (χ1n) is 5.70. The Morgan fingerprint density at radius 1 is 1.21 bits per heavy atom. The van der Waals surface area contributed by atoms with Crippen LogP contribution in [0.2, 0.25) is 0 Å². The highest BCUT2D eigenvalue weighted by Gasteiger charge is 2.08. The van der Waals surface area contributed by atoms with Gasteiger partial charge in [-0.25, -0.2) is 0 Å². The topological polar surface area (TPSA) is 81.1 Å². The van der Waals surface area contributed by atoms with Crippen molar-refractivity contribution in [2.24, 2.45) is 5.73 Å². The van der Waals surface area contributed by atoms with Crippen LogP contribution in [0.4, 0.5) is 17.1 Å². The van der Waals surface area contributed by atoms with Crippen LogP contribution in [0.3, 0.4) is 0 Å². The lowest BCUT2D eigenvalue weighted by atomic mass is 10.1. The average Bonchev–Trinajstić information content (AvgIpc) is 2.36. The van der Waals surface area contributed by atoms with Gasteiger partial charge in [-0.3, -0.25) is 4.79 Å². The zero-order valence-corrected chi connectivity index (χ0v) is 12.0. The summed E-state index contributed by atoms with van der Waals surface area (Å²) in [5.41, 5.74) is 14.5. The molecule has 0 bridgehead atoms. The van der Waals surface area contributed by atoms with E-state index in [0.717, 1.165) is 21.4 Å². The van der Waals surface area contributed by atoms with Crippen LogP contribution >= 0.6 is 15.9 Å². The van der Waals surface area contributed by atoms with Crippen molar-refractivity contribution in [2.75, 3.05) is 11.1 Å². The number of hydrogen-bond acceptors (Lipinski definition) is 3. The van der Waals surface area contributed by atoms with Gasteiger partial charge in [-0.2, -0.15) is 0 Å². The molecule has 0 unspecified atom stereocenters. The third-order valence-electron chi connectivity index (χ3n) is 2.72. The molecule has 5 heteroatoms. The first-order valence-corrected chi connectivity index (χ1v) is 6.49. The fourth-order valence-electron chi connectivity index (χ4n) is 1.74. The van der Waals surface area contributed by atoms with E-state index in [2.05, 4.69) is 21.2 Å². The second kappa shape index (κ2) is 5.32. The standard InChI is InChI=1S/C14H14BrN3O/c1-8-2-4-11(15)13(6-8)18-9-3-5-12(16)10(7-9)14(17)19/h2-7,18H,16H2,1H3,(H2,17,19). The minimum absolute atomic E-state index is 0.314. The summed E-state index contributed by atoms with van der Waals surface area (Å²) in [5.74, 6) is -0.538. The molecule has 0 spiro atoms. The molecule has 1 amide bonds. The van der Waals surface area contributed by atoms with E-state index >= 15 is 0 Å². The van der Waals surface area contributed by atoms with E-state index in [9.17, 15) is 4.79 Å². The number of carbonyl (C=O) groups excluding carboxylic acids is 1. The Bertz CT molecular complexity index is 641. The molecule has 0 saturated heterocycles. The fraction of sp³-hybridized carbons (Fsp3) is 0.0714. The number of carbonyl (C=O) groups is 1. The fourth-order valence-corrected chi connectivity index (χ4v) is 2.08. The van der Waals surface area contributed by atoms with E-state index in [-0.39, 0.29) is 0 Å². The molecule has 0 saturated carbocycles. The number of benzene rings is 2. The van der Waals surface area contributed by atoms with Gasteiger partial charge < -0.3 is 16.8 Å². The lowest BCUT2D eigenvalue weighted by Crippen LogP contribution is -2.13. The highest BCUT2D eigenvalue weighted by Crippen LogP contribution is 2.28. The van der Waals surface area contributed by atoms with E-state index in [1.54, 1.807) is 18.2 Å². The Balaban J connectivity index is 2.36. The quantitative estimate of drug-likeness (QED) is 0.760. The number of nitrogen functional groups attached to an aromatic ring is 1. The van der Waals surface area contributed by atoms with Crippen LogP contribution in [-0.2, 0) is 0 Å². The maximum absolute atomic E-state index is 11.3. The lowest BCUT2D eigenvalue weighted by molar-refractivity contribution is 0.100. The Labute approximate surface area is 119 Å². The Hall–Kier alpha value is -2.01. The molecule has 0 atom stereocenters. The Morgan fingerprint density at radius 2 is 1.95 bits per heavy atom. The van der Waals surface area contributed by atoms with Gasteiger partial charge in [0.15, 0.2) is 0 Å². The van der Waals surface area contributed by atoms with Crippen molar-refractivity contribution >= 4 is 38.9 Å². The number of halogens is 1. The molecular formula is C14H14BrN3O. The van der Waals surface area contributed by atoms with Gasteiger partial charge in [-0.05, 0) is 58.7 Å². The van der Waals surface area contributed by atoms with Crippen LogP contribution in [-0.4, -0.2) is 5.91 Å². The molecule has 5 N–H and O–H groups in total. The molecule has 0 radical (unpaired) electrons. The molecule has 0 aromatic heterocycles. The minimum Gasteiger partial charge on any atom is -0.398 e. The van der Waals surface area contributed by atoms with E-state index in [4.69, 9.17) is 11.5 Å². The molecule has 2 rings (SSSR count). The number of aryl methyl sites for hydroxylation is 1. The van der Waals surface area contributed by atoms with E-state index in [0.29, 0.717) is 11.3 Å². The number of nitrogens with two attached hydrogens (primary N) is 2. The number of hydrogen-bond donors (Lipinski definition) is 3. The molecule has 19 heavy (non-hydrogen) atoms. The van der Waals surface area contributed by atoms with Crippen LogP contribution < -0.4 is 16.8 Å². The maximum Gasteiger partial charge on any atom is 0.250 e. The first kappa shape index (κ1) is 13.4. The molecule has 98 valence electrons. The van der Waals surface area contributed by atoms with Gasteiger partial charge in [0, 0.05) is 15.8 Å². The van der Waals surface area contributed by atoms with Crippen molar-refractivity contribution in [2.45, 2.75) is 6.92 Å². The monoisotopic (exact) mass is 319 g/mol. The zero-order chi connectivity index (χ0) is 14.0. The van der Waals surface area contributed by atoms with Crippen LogP contribution in [0.15, 0.2) is 40.9 Å². The van der Waals surface area contributed by atoms with E-state index in [1.807, 2.05) is 25.1 Å². The second-order valence-electron chi connectivity index (χ2n) is 4.27. The predicted octanol–water partition coefficient (Wildman–Crippen LogP) is 3.18. The number of amides is 1. The summed E-state index contributed by atoms with van der Waals surface area (Å²) in [5, 5.41) is 3.23. The molecule has 0 fully saturated rings. The largest absolute Gasteiger partial charge is 0.398 e. The molecule has 4 nitrogen and oxygen atoms in total. The summed E-state index contributed by atoms with van der Waals surface area (Å²) in [6.07, 6.45) is 0. The third kappa shape index (κ3) is 3.06. The van der Waals surface area contributed by atoms with Crippen molar-refractivity contribution in [1.82, 2.24) is 0 Å². The molecule has 0 aliphatic rings. The van der Waals surface area contributed by atoms with Crippen molar-refractivity contribution in [3.05, 3.63) is 52.0 Å². The van der Waals surface area contributed by atoms with Crippen LogP contribution in [0, 0.1) is 6.92 Å². The van der Waals surface area contributed by atoms with Crippen molar-refractivity contribution < 1.29 is 4.79 Å². The first-order chi connectivity index (χ1) is 8.97. The summed E-state index contributed by atoms with van der Waals surface area (Å²) in [6.45, 7) is 2.01. The highest BCUT2D eigenvalue weighted by atomic mass is 79.9. The van der Waals surface area contributed by atoms with Crippen molar-refractivity contribution in [1.29, 1.82) is 0 Å².